The Labute approximate surface area is 207 Å². The number of benzene rings is 1. The number of carbonyl (C=O) groups excluding carboxylic acids is 1. The first-order valence-corrected chi connectivity index (χ1v) is 12.7. The molecule has 1 heterocycles. The first kappa shape index (κ1) is 23.6. The average molecular weight is 502 g/mol. The van der Waals surface area contributed by atoms with E-state index in [1.165, 1.54) is 0 Å². The van der Waals surface area contributed by atoms with E-state index in [-0.39, 0.29) is 41.3 Å². The molecule has 0 radical (unpaired) electrons. The number of allylic oxidation sites excluding steroid dienone is 2. The summed E-state index contributed by atoms with van der Waals surface area (Å²) in [7, 11) is 0. The SMILES string of the molecule is C=C1C(C)=C(O)C[C@@H]2CC3Cc4c(c(O)cc(CN(CC)CC5CC5)c4C(F)(F)F)C(=O)C3=C3O[C@]132. The zero-order chi connectivity index (χ0) is 25.7. The fourth-order valence-corrected chi connectivity index (χ4v) is 6.77. The summed E-state index contributed by atoms with van der Waals surface area (Å²) in [4.78, 5) is 15.7. The number of Topliss-reactive ketones (excluding diaryl/α,β-unsaturated/α-hetero) is 1. The van der Waals surface area contributed by atoms with Gasteiger partial charge in [-0.15, -0.1) is 0 Å². The van der Waals surface area contributed by atoms with Crippen molar-refractivity contribution >= 4 is 5.78 Å². The number of alkyl halides is 3. The molecule has 2 N–H and O–H groups in total. The highest BCUT2D eigenvalue weighted by Crippen LogP contribution is 2.66. The van der Waals surface area contributed by atoms with Crippen LogP contribution in [0.1, 0.15) is 66.6 Å². The molecule has 1 unspecified atom stereocenters. The third-order valence-electron chi connectivity index (χ3n) is 8.88. The van der Waals surface area contributed by atoms with Crippen molar-refractivity contribution < 1.29 is 32.9 Å². The van der Waals surface area contributed by atoms with Gasteiger partial charge in [-0.05, 0) is 73.8 Å². The van der Waals surface area contributed by atoms with Gasteiger partial charge in [0, 0.05) is 36.6 Å². The zero-order valence-electron chi connectivity index (χ0n) is 20.5. The number of phenols is 1. The summed E-state index contributed by atoms with van der Waals surface area (Å²) < 4.78 is 49.7. The number of rotatable bonds is 5. The molecule has 0 aromatic heterocycles. The second-order valence-corrected chi connectivity index (χ2v) is 11.0. The Morgan fingerprint density at radius 2 is 1.97 bits per heavy atom. The van der Waals surface area contributed by atoms with Gasteiger partial charge < -0.3 is 14.9 Å². The van der Waals surface area contributed by atoms with Crippen LogP contribution in [-0.2, 0) is 23.9 Å². The molecular weight excluding hydrogens is 471 g/mol. The van der Waals surface area contributed by atoms with Crippen LogP contribution in [0, 0.1) is 17.8 Å². The minimum atomic E-state index is -4.66. The molecule has 1 saturated carbocycles. The van der Waals surface area contributed by atoms with Gasteiger partial charge in [0.25, 0.3) is 0 Å². The van der Waals surface area contributed by atoms with Gasteiger partial charge in [-0.25, -0.2) is 0 Å². The Morgan fingerprint density at radius 3 is 2.61 bits per heavy atom. The molecule has 4 aliphatic carbocycles. The third kappa shape index (κ3) is 3.29. The van der Waals surface area contributed by atoms with Crippen LogP contribution in [0.4, 0.5) is 13.2 Å². The van der Waals surface area contributed by atoms with E-state index in [1.54, 1.807) is 6.92 Å². The second kappa shape index (κ2) is 7.63. The van der Waals surface area contributed by atoms with Crippen molar-refractivity contribution in [1.29, 1.82) is 0 Å². The summed E-state index contributed by atoms with van der Waals surface area (Å²) in [5, 5.41) is 21.3. The quantitative estimate of drug-likeness (QED) is 0.497. The lowest BCUT2D eigenvalue weighted by molar-refractivity contribution is -0.139. The Kier molecular flexibility index (Phi) is 5.01. The third-order valence-corrected chi connectivity index (χ3v) is 8.88. The lowest BCUT2D eigenvalue weighted by atomic mass is 9.62. The number of ketones is 1. The van der Waals surface area contributed by atoms with Crippen LogP contribution in [0.5, 0.6) is 5.75 Å². The number of phenolic OH excluding ortho intramolecular Hbond substituents is 1. The van der Waals surface area contributed by atoms with E-state index in [1.807, 2.05) is 11.8 Å². The van der Waals surface area contributed by atoms with E-state index in [0.717, 1.165) is 25.5 Å². The van der Waals surface area contributed by atoms with Crippen molar-refractivity contribution in [3.63, 3.8) is 0 Å². The van der Waals surface area contributed by atoms with E-state index in [9.17, 15) is 28.2 Å². The van der Waals surface area contributed by atoms with Crippen molar-refractivity contribution in [1.82, 2.24) is 4.90 Å². The molecular formula is C28H30F3NO4. The summed E-state index contributed by atoms with van der Waals surface area (Å²) in [6, 6.07) is 1.14. The van der Waals surface area contributed by atoms with E-state index in [2.05, 4.69) is 6.58 Å². The van der Waals surface area contributed by atoms with Crippen LogP contribution in [0.15, 0.2) is 40.9 Å². The fourth-order valence-electron chi connectivity index (χ4n) is 6.77. The number of aliphatic hydroxyl groups is 1. The molecule has 3 atom stereocenters. The van der Waals surface area contributed by atoms with Crippen LogP contribution in [0.2, 0.25) is 0 Å². The molecule has 1 aromatic carbocycles. The number of halogens is 3. The van der Waals surface area contributed by atoms with E-state index in [4.69, 9.17) is 4.74 Å². The zero-order valence-corrected chi connectivity index (χ0v) is 20.5. The Morgan fingerprint density at radius 1 is 1.25 bits per heavy atom. The summed E-state index contributed by atoms with van der Waals surface area (Å²) in [6.45, 7) is 9.17. The Hall–Kier alpha value is -2.74. The van der Waals surface area contributed by atoms with Crippen molar-refractivity contribution in [2.24, 2.45) is 17.8 Å². The van der Waals surface area contributed by atoms with Gasteiger partial charge in [-0.1, -0.05) is 13.5 Å². The maximum absolute atomic E-state index is 14.5. The van der Waals surface area contributed by atoms with Crippen molar-refractivity contribution in [2.45, 2.75) is 64.3 Å². The van der Waals surface area contributed by atoms with Crippen molar-refractivity contribution in [3.05, 3.63) is 63.1 Å². The second-order valence-electron chi connectivity index (χ2n) is 11.0. The first-order valence-electron chi connectivity index (χ1n) is 12.7. The lowest BCUT2D eigenvalue weighted by Gasteiger charge is -2.38. The van der Waals surface area contributed by atoms with Gasteiger partial charge in [0.2, 0.25) is 0 Å². The summed E-state index contributed by atoms with van der Waals surface area (Å²) >= 11 is 0. The molecule has 2 fully saturated rings. The van der Waals surface area contributed by atoms with Gasteiger partial charge in [-0.2, -0.15) is 13.2 Å². The number of epoxide rings is 1. The highest BCUT2D eigenvalue weighted by atomic mass is 19.4. The van der Waals surface area contributed by atoms with Crippen LogP contribution < -0.4 is 0 Å². The predicted octanol–water partition coefficient (Wildman–Crippen LogP) is 5.83. The Bertz CT molecular complexity index is 1270. The van der Waals surface area contributed by atoms with E-state index >= 15 is 0 Å². The highest BCUT2D eigenvalue weighted by molar-refractivity contribution is 6.14. The number of hydrogen-bond donors (Lipinski definition) is 2. The molecule has 1 saturated heterocycles. The molecule has 1 aliphatic heterocycles. The van der Waals surface area contributed by atoms with Crippen LogP contribution in [-0.4, -0.2) is 39.6 Å². The Balaban J connectivity index is 1.45. The van der Waals surface area contributed by atoms with Crippen LogP contribution in [0.3, 0.4) is 0 Å². The number of hydrogen-bond acceptors (Lipinski definition) is 5. The smallest absolute Gasteiger partial charge is 0.417 e. The highest BCUT2D eigenvalue weighted by Gasteiger charge is 2.68. The monoisotopic (exact) mass is 501 g/mol. The molecule has 36 heavy (non-hydrogen) atoms. The normalized spacial score (nSPS) is 29.1. The predicted molar refractivity (Wildman–Crippen MR) is 126 cm³/mol. The van der Waals surface area contributed by atoms with E-state index < -0.39 is 34.8 Å². The number of carbonyl (C=O) groups is 1. The summed E-state index contributed by atoms with van der Waals surface area (Å²) in [6.07, 6.45) is -1.74. The minimum absolute atomic E-state index is 0.00320. The van der Waals surface area contributed by atoms with Gasteiger partial charge in [-0.3, -0.25) is 9.69 Å². The molecule has 6 rings (SSSR count). The van der Waals surface area contributed by atoms with Gasteiger partial charge in [0.05, 0.1) is 16.9 Å². The number of aliphatic hydroxyl groups excluding tert-OH is 1. The van der Waals surface area contributed by atoms with Crippen molar-refractivity contribution in [2.75, 3.05) is 13.1 Å². The van der Waals surface area contributed by atoms with Gasteiger partial charge in [0.1, 0.15) is 5.75 Å². The molecule has 1 aromatic rings. The number of aromatic hydroxyl groups is 1. The maximum Gasteiger partial charge on any atom is 0.417 e. The van der Waals surface area contributed by atoms with Gasteiger partial charge in [0.15, 0.2) is 17.1 Å². The number of fused-ring (bicyclic) bond motifs is 2. The first-order chi connectivity index (χ1) is 17.0. The number of ether oxygens (including phenoxy) is 1. The summed E-state index contributed by atoms with van der Waals surface area (Å²) in [5.41, 5.74) is -0.420. The molecule has 5 aliphatic rings. The van der Waals surface area contributed by atoms with Crippen LogP contribution >= 0.6 is 0 Å². The molecule has 0 amide bonds. The molecule has 0 bridgehead atoms. The molecule has 192 valence electrons. The fraction of sp³-hybridized carbons (Fsp3) is 0.536. The van der Waals surface area contributed by atoms with Crippen LogP contribution in [0.25, 0.3) is 0 Å². The molecule has 1 spiro atoms. The number of nitrogens with zero attached hydrogens (tertiary/aromatic N) is 1. The topological polar surface area (TPSA) is 73.3 Å². The minimum Gasteiger partial charge on any atom is -0.512 e. The molecule has 5 nitrogen and oxygen atoms in total. The standard InChI is InChI=1S/C28H30F3NO4/c1-4-32(11-15-5-6-15)12-17-9-21(34)23-19(24(17)28(29,30)31)8-16-7-18-10-20(33)13(2)14(3)27(18)26(36-27)22(16)25(23)35/h9,15-16,18,33-34H,3-8,10-12H2,1-2H3/t16?,18-,27-/m0/s1. The summed E-state index contributed by atoms with van der Waals surface area (Å²) in [5.74, 6) is -0.467. The lowest BCUT2D eigenvalue weighted by Crippen LogP contribution is -2.40. The average Bonchev–Trinajstić information content (AvgIpc) is 3.71. The van der Waals surface area contributed by atoms with Gasteiger partial charge >= 0.3 is 6.18 Å². The maximum atomic E-state index is 14.5. The molecule has 8 heteroatoms. The largest absolute Gasteiger partial charge is 0.512 e. The van der Waals surface area contributed by atoms with E-state index in [0.29, 0.717) is 47.8 Å². The van der Waals surface area contributed by atoms with Crippen molar-refractivity contribution in [3.8, 4) is 5.75 Å².